The lowest BCUT2D eigenvalue weighted by molar-refractivity contribution is -0.137. The molecular formula is C14H9F4NOS. The van der Waals surface area contributed by atoms with Gasteiger partial charge in [-0.2, -0.15) is 13.2 Å². The monoisotopic (exact) mass is 315 g/mol. The molecule has 0 aromatic heterocycles. The van der Waals surface area contributed by atoms with Crippen LogP contribution in [0.15, 0.2) is 47.4 Å². The molecule has 7 heteroatoms. The third-order valence-corrected chi connectivity index (χ3v) is 2.93. The molecule has 110 valence electrons. The second-order valence-electron chi connectivity index (χ2n) is 4.20. The molecule has 0 spiro atoms. The van der Waals surface area contributed by atoms with Crippen LogP contribution in [-0.4, -0.2) is 5.91 Å². The van der Waals surface area contributed by atoms with E-state index in [1.165, 1.54) is 12.1 Å². The highest BCUT2D eigenvalue weighted by molar-refractivity contribution is 7.80. The van der Waals surface area contributed by atoms with Crippen LogP contribution in [0, 0.1) is 5.82 Å². The van der Waals surface area contributed by atoms with E-state index in [0.29, 0.717) is 23.1 Å². The van der Waals surface area contributed by atoms with Gasteiger partial charge in [0, 0.05) is 10.5 Å². The largest absolute Gasteiger partial charge is 0.416 e. The average molecular weight is 315 g/mol. The fourth-order valence-corrected chi connectivity index (χ4v) is 1.86. The van der Waals surface area contributed by atoms with Gasteiger partial charge in [0.05, 0.1) is 11.3 Å². The van der Waals surface area contributed by atoms with Gasteiger partial charge in [0.15, 0.2) is 0 Å². The quantitative estimate of drug-likeness (QED) is 0.625. The van der Waals surface area contributed by atoms with Crippen LogP contribution in [0.5, 0.6) is 0 Å². The molecule has 21 heavy (non-hydrogen) atoms. The molecular weight excluding hydrogens is 306 g/mol. The van der Waals surface area contributed by atoms with Crippen LogP contribution in [0.2, 0.25) is 0 Å². The van der Waals surface area contributed by atoms with Crippen molar-refractivity contribution >= 4 is 24.2 Å². The number of amides is 1. The van der Waals surface area contributed by atoms with Crippen molar-refractivity contribution in [2.24, 2.45) is 0 Å². The lowest BCUT2D eigenvalue weighted by atomic mass is 10.1. The van der Waals surface area contributed by atoms with Crippen molar-refractivity contribution in [2.75, 3.05) is 5.32 Å². The standard InChI is InChI=1S/C14H9F4NOS/c15-11-5-4-9(14(16,17)18)7-12(11)19-13(20)8-2-1-3-10(21)6-8/h1-7,21H,(H,19,20). The summed E-state index contributed by atoms with van der Waals surface area (Å²) in [6.45, 7) is 0. The minimum Gasteiger partial charge on any atom is -0.319 e. The van der Waals surface area contributed by atoms with Gasteiger partial charge in [0.1, 0.15) is 5.82 Å². The summed E-state index contributed by atoms with van der Waals surface area (Å²) in [6.07, 6.45) is -4.61. The summed E-state index contributed by atoms with van der Waals surface area (Å²) >= 11 is 4.05. The topological polar surface area (TPSA) is 29.1 Å². The second kappa shape index (κ2) is 5.77. The summed E-state index contributed by atoms with van der Waals surface area (Å²) < 4.78 is 51.2. The number of halogens is 4. The van der Waals surface area contributed by atoms with Crippen LogP contribution in [-0.2, 0) is 6.18 Å². The lowest BCUT2D eigenvalue weighted by Gasteiger charge is -2.11. The van der Waals surface area contributed by atoms with Crippen molar-refractivity contribution in [1.29, 1.82) is 0 Å². The normalized spacial score (nSPS) is 11.3. The van der Waals surface area contributed by atoms with Crippen LogP contribution in [0.25, 0.3) is 0 Å². The number of carbonyl (C=O) groups is 1. The Labute approximate surface area is 123 Å². The first kappa shape index (κ1) is 15.4. The zero-order valence-electron chi connectivity index (χ0n) is 10.4. The van der Waals surface area contributed by atoms with Crippen molar-refractivity contribution in [3.05, 3.63) is 59.4 Å². The smallest absolute Gasteiger partial charge is 0.319 e. The van der Waals surface area contributed by atoms with E-state index in [1.54, 1.807) is 12.1 Å². The molecule has 2 nitrogen and oxygen atoms in total. The second-order valence-corrected chi connectivity index (χ2v) is 4.71. The Hall–Kier alpha value is -2.02. The number of nitrogens with one attached hydrogen (secondary N) is 1. The van der Waals surface area contributed by atoms with Crippen molar-refractivity contribution in [3.8, 4) is 0 Å². The Balaban J connectivity index is 2.29. The van der Waals surface area contributed by atoms with E-state index >= 15 is 0 Å². The van der Waals surface area contributed by atoms with Crippen molar-refractivity contribution in [2.45, 2.75) is 11.1 Å². The minimum absolute atomic E-state index is 0.166. The Kier molecular flexibility index (Phi) is 4.22. The first-order chi connectivity index (χ1) is 9.77. The third kappa shape index (κ3) is 3.75. The Morgan fingerprint density at radius 1 is 1.10 bits per heavy atom. The number of rotatable bonds is 2. The lowest BCUT2D eigenvalue weighted by Crippen LogP contribution is -2.14. The van der Waals surface area contributed by atoms with E-state index < -0.39 is 29.2 Å². The molecule has 1 amide bonds. The molecule has 0 fully saturated rings. The maximum Gasteiger partial charge on any atom is 0.416 e. The van der Waals surface area contributed by atoms with Crippen molar-refractivity contribution < 1.29 is 22.4 Å². The zero-order valence-corrected chi connectivity index (χ0v) is 11.3. The molecule has 0 aliphatic carbocycles. The summed E-state index contributed by atoms with van der Waals surface area (Å²) in [5, 5.41) is 2.12. The van der Waals surface area contributed by atoms with Gasteiger partial charge in [-0.3, -0.25) is 4.79 Å². The Morgan fingerprint density at radius 3 is 2.43 bits per heavy atom. The number of hydrogen-bond donors (Lipinski definition) is 2. The maximum absolute atomic E-state index is 13.5. The van der Waals surface area contributed by atoms with Gasteiger partial charge < -0.3 is 5.32 Å². The number of anilines is 1. The SMILES string of the molecule is O=C(Nc1cc(C(F)(F)F)ccc1F)c1cccc(S)c1. The fraction of sp³-hybridized carbons (Fsp3) is 0.0714. The van der Waals surface area contributed by atoms with Gasteiger partial charge >= 0.3 is 6.18 Å². The molecule has 0 bridgehead atoms. The zero-order chi connectivity index (χ0) is 15.6. The van der Waals surface area contributed by atoms with Crippen LogP contribution >= 0.6 is 12.6 Å². The molecule has 0 aliphatic rings. The summed E-state index contributed by atoms with van der Waals surface area (Å²) in [5.74, 6) is -1.66. The third-order valence-electron chi connectivity index (χ3n) is 2.65. The number of benzene rings is 2. The number of thiol groups is 1. The minimum atomic E-state index is -4.61. The molecule has 2 aromatic rings. The summed E-state index contributed by atoms with van der Waals surface area (Å²) in [7, 11) is 0. The molecule has 2 rings (SSSR count). The molecule has 1 N–H and O–H groups in total. The molecule has 0 aliphatic heterocycles. The highest BCUT2D eigenvalue weighted by Gasteiger charge is 2.31. The van der Waals surface area contributed by atoms with Gasteiger partial charge in [-0.05, 0) is 36.4 Å². The van der Waals surface area contributed by atoms with Crippen LogP contribution < -0.4 is 5.32 Å². The van der Waals surface area contributed by atoms with E-state index in [9.17, 15) is 22.4 Å². The maximum atomic E-state index is 13.5. The van der Waals surface area contributed by atoms with E-state index in [2.05, 4.69) is 17.9 Å². The Morgan fingerprint density at radius 2 is 1.81 bits per heavy atom. The van der Waals surface area contributed by atoms with Gasteiger partial charge in [-0.25, -0.2) is 4.39 Å². The van der Waals surface area contributed by atoms with Crippen molar-refractivity contribution in [3.63, 3.8) is 0 Å². The van der Waals surface area contributed by atoms with Gasteiger partial charge in [-0.1, -0.05) is 6.07 Å². The van der Waals surface area contributed by atoms with E-state index in [4.69, 9.17) is 0 Å². The summed E-state index contributed by atoms with van der Waals surface area (Å²) in [5.41, 5.74) is -1.40. The molecule has 0 atom stereocenters. The van der Waals surface area contributed by atoms with E-state index in [-0.39, 0.29) is 5.56 Å². The highest BCUT2D eigenvalue weighted by atomic mass is 32.1. The number of hydrogen-bond acceptors (Lipinski definition) is 2. The summed E-state index contributed by atoms with van der Waals surface area (Å²) in [4.78, 5) is 12.4. The molecule has 0 radical (unpaired) electrons. The molecule has 0 heterocycles. The number of carbonyl (C=O) groups excluding carboxylic acids is 1. The average Bonchev–Trinajstić information content (AvgIpc) is 2.40. The number of alkyl halides is 3. The predicted molar refractivity (Wildman–Crippen MR) is 73.0 cm³/mol. The Bertz CT molecular complexity index is 685. The van der Waals surface area contributed by atoms with Gasteiger partial charge in [-0.15, -0.1) is 12.6 Å². The van der Waals surface area contributed by atoms with Crippen LogP contribution in [0.3, 0.4) is 0 Å². The molecule has 0 saturated heterocycles. The highest BCUT2D eigenvalue weighted by Crippen LogP contribution is 2.31. The molecule has 2 aromatic carbocycles. The van der Waals surface area contributed by atoms with Crippen molar-refractivity contribution in [1.82, 2.24) is 0 Å². The first-order valence-corrected chi connectivity index (χ1v) is 6.19. The van der Waals surface area contributed by atoms with Crippen LogP contribution in [0.1, 0.15) is 15.9 Å². The van der Waals surface area contributed by atoms with E-state index in [1.807, 2.05) is 0 Å². The molecule has 0 saturated carbocycles. The van der Waals surface area contributed by atoms with Gasteiger partial charge in [0.25, 0.3) is 5.91 Å². The molecule has 0 unspecified atom stereocenters. The first-order valence-electron chi connectivity index (χ1n) is 5.74. The fourth-order valence-electron chi connectivity index (χ4n) is 1.64. The summed E-state index contributed by atoms with van der Waals surface area (Å²) in [6, 6.07) is 7.87. The van der Waals surface area contributed by atoms with Gasteiger partial charge in [0.2, 0.25) is 0 Å². The predicted octanol–water partition coefficient (Wildman–Crippen LogP) is 4.39. The van der Waals surface area contributed by atoms with Crippen LogP contribution in [0.4, 0.5) is 23.2 Å². The van der Waals surface area contributed by atoms with E-state index in [0.717, 1.165) is 0 Å².